The number of rotatable bonds is 3. The van der Waals surface area contributed by atoms with Crippen LogP contribution in [0.4, 0.5) is 0 Å². The number of ether oxygens (including phenoxy) is 1. The van der Waals surface area contributed by atoms with E-state index in [0.29, 0.717) is 22.6 Å². The van der Waals surface area contributed by atoms with Crippen molar-refractivity contribution in [1.82, 2.24) is 9.55 Å². The number of aromatic nitrogens is 2. The summed E-state index contributed by atoms with van der Waals surface area (Å²) < 4.78 is 12.7. The van der Waals surface area contributed by atoms with Gasteiger partial charge in [0.25, 0.3) is 0 Å². The number of aliphatic hydroxyl groups is 4. The van der Waals surface area contributed by atoms with E-state index < -0.39 is 37.3 Å². The van der Waals surface area contributed by atoms with Gasteiger partial charge in [-0.25, -0.2) is 4.98 Å². The first kappa shape index (κ1) is 16.2. The van der Waals surface area contributed by atoms with Gasteiger partial charge in [-0.05, 0) is 24.3 Å². The van der Waals surface area contributed by atoms with Crippen molar-refractivity contribution in [3.63, 3.8) is 0 Å². The number of aliphatic hydroxyl groups excluding tert-OH is 4. The Morgan fingerprint density at radius 3 is 2.52 bits per heavy atom. The molecule has 0 radical (unpaired) electrons. The summed E-state index contributed by atoms with van der Waals surface area (Å²) in [7, 11) is 0. The second-order valence-corrected chi connectivity index (χ2v) is 5.99. The van der Waals surface area contributed by atoms with Crippen LogP contribution in [-0.2, 0) is 4.74 Å². The number of benzene rings is 1. The van der Waals surface area contributed by atoms with Crippen LogP contribution in [0.1, 0.15) is 6.23 Å². The Kier molecular flexibility index (Phi) is 4.06. The monoisotopic (exact) mass is 346 g/mol. The van der Waals surface area contributed by atoms with Crippen molar-refractivity contribution in [2.75, 3.05) is 6.61 Å². The molecule has 4 N–H and O–H groups in total. The first-order chi connectivity index (χ1) is 12.1. The molecule has 8 heteroatoms. The second kappa shape index (κ2) is 6.25. The number of fused-ring (bicyclic) bond motifs is 1. The van der Waals surface area contributed by atoms with E-state index >= 15 is 0 Å². The van der Waals surface area contributed by atoms with E-state index in [1.807, 2.05) is 18.2 Å². The Hall–Kier alpha value is -2.23. The summed E-state index contributed by atoms with van der Waals surface area (Å²) in [5, 5.41) is 40.0. The molecule has 5 atom stereocenters. The molecule has 1 saturated heterocycles. The predicted octanol–water partition coefficient (Wildman–Crippen LogP) is 0.269. The fourth-order valence-electron chi connectivity index (χ4n) is 3.18. The van der Waals surface area contributed by atoms with Crippen LogP contribution in [-0.4, -0.2) is 61.0 Å². The molecule has 0 unspecified atom stereocenters. The number of imidazole rings is 1. The van der Waals surface area contributed by atoms with Crippen molar-refractivity contribution in [3.05, 3.63) is 42.7 Å². The zero-order valence-electron chi connectivity index (χ0n) is 13.1. The molecule has 25 heavy (non-hydrogen) atoms. The molecule has 0 saturated carbocycles. The van der Waals surface area contributed by atoms with Gasteiger partial charge in [-0.1, -0.05) is 12.1 Å². The Bertz CT molecular complexity index is 859. The highest BCUT2D eigenvalue weighted by atomic mass is 16.6. The quantitative estimate of drug-likeness (QED) is 0.537. The number of hydrogen-bond donors (Lipinski definition) is 4. The van der Waals surface area contributed by atoms with E-state index in [-0.39, 0.29) is 0 Å². The molecule has 4 rings (SSSR count). The highest BCUT2D eigenvalue weighted by Crippen LogP contribution is 2.35. The summed E-state index contributed by atoms with van der Waals surface area (Å²) in [4.78, 5) is 4.53. The van der Waals surface area contributed by atoms with Gasteiger partial charge >= 0.3 is 0 Å². The number of nitrogens with zero attached hydrogens (tertiary/aromatic N) is 2. The van der Waals surface area contributed by atoms with Gasteiger partial charge in [0.2, 0.25) is 0 Å². The Labute approximate surface area is 142 Å². The third-order valence-electron chi connectivity index (χ3n) is 4.46. The lowest BCUT2D eigenvalue weighted by Crippen LogP contribution is -2.56. The molecule has 1 aliphatic rings. The molecule has 1 fully saturated rings. The van der Waals surface area contributed by atoms with Gasteiger partial charge in [-0.3, -0.25) is 4.57 Å². The topological polar surface area (TPSA) is 121 Å². The minimum absolute atomic E-state index is 0.413. The van der Waals surface area contributed by atoms with E-state index in [9.17, 15) is 20.4 Å². The van der Waals surface area contributed by atoms with Crippen LogP contribution in [0.15, 0.2) is 47.1 Å². The van der Waals surface area contributed by atoms with E-state index in [1.54, 1.807) is 22.8 Å². The maximum absolute atomic E-state index is 10.5. The fourth-order valence-corrected chi connectivity index (χ4v) is 3.18. The highest BCUT2D eigenvalue weighted by Gasteiger charge is 2.45. The van der Waals surface area contributed by atoms with Crippen LogP contribution in [0.5, 0.6) is 0 Å². The van der Waals surface area contributed by atoms with Gasteiger partial charge in [-0.15, -0.1) is 0 Å². The molecule has 0 spiro atoms. The van der Waals surface area contributed by atoms with Gasteiger partial charge in [0.1, 0.15) is 24.4 Å². The largest absolute Gasteiger partial charge is 0.461 e. The number of para-hydroxylation sites is 2. The standard InChI is InChI=1S/C17H18N2O6/c20-8-12-13(21)14(22)15(23)17(25-12)19-10-5-2-1-4-9(10)18-16(19)11-6-3-7-24-11/h1-7,12-15,17,20-23H,8H2/t12-,13-,14+,15-,17+/m0/s1. The minimum atomic E-state index is -1.47. The third-order valence-corrected chi connectivity index (χ3v) is 4.46. The van der Waals surface area contributed by atoms with Gasteiger partial charge in [0, 0.05) is 0 Å². The normalized spacial score (nSPS) is 30.0. The molecular formula is C17H18N2O6. The first-order valence-corrected chi connectivity index (χ1v) is 7.93. The molecule has 3 aromatic rings. The molecule has 1 aliphatic heterocycles. The van der Waals surface area contributed by atoms with E-state index in [1.165, 1.54) is 6.26 Å². The van der Waals surface area contributed by atoms with Crippen LogP contribution in [0.2, 0.25) is 0 Å². The van der Waals surface area contributed by atoms with Crippen molar-refractivity contribution < 1.29 is 29.6 Å². The highest BCUT2D eigenvalue weighted by molar-refractivity contribution is 5.80. The van der Waals surface area contributed by atoms with Crippen molar-refractivity contribution in [2.24, 2.45) is 0 Å². The lowest BCUT2D eigenvalue weighted by atomic mass is 9.98. The van der Waals surface area contributed by atoms with Crippen LogP contribution in [0.3, 0.4) is 0 Å². The predicted molar refractivity (Wildman–Crippen MR) is 86.5 cm³/mol. The molecule has 2 aromatic heterocycles. The lowest BCUT2D eigenvalue weighted by Gasteiger charge is -2.40. The fraction of sp³-hybridized carbons (Fsp3) is 0.353. The summed E-state index contributed by atoms with van der Waals surface area (Å²) in [6.45, 7) is -0.496. The summed E-state index contributed by atoms with van der Waals surface area (Å²) in [6, 6.07) is 10.7. The van der Waals surface area contributed by atoms with Gasteiger partial charge in [-0.2, -0.15) is 0 Å². The van der Waals surface area contributed by atoms with E-state index in [4.69, 9.17) is 9.15 Å². The Balaban J connectivity index is 1.89. The van der Waals surface area contributed by atoms with E-state index in [2.05, 4.69) is 4.98 Å². The smallest absolute Gasteiger partial charge is 0.179 e. The molecule has 8 nitrogen and oxygen atoms in total. The lowest BCUT2D eigenvalue weighted by molar-refractivity contribution is -0.250. The number of furan rings is 1. The van der Waals surface area contributed by atoms with Crippen LogP contribution < -0.4 is 0 Å². The Morgan fingerprint density at radius 2 is 1.80 bits per heavy atom. The minimum Gasteiger partial charge on any atom is -0.461 e. The van der Waals surface area contributed by atoms with Crippen molar-refractivity contribution in [1.29, 1.82) is 0 Å². The molecule has 0 bridgehead atoms. The van der Waals surface area contributed by atoms with Gasteiger partial charge in [0.15, 0.2) is 17.8 Å². The molecule has 1 aromatic carbocycles. The molecule has 132 valence electrons. The van der Waals surface area contributed by atoms with Crippen LogP contribution in [0, 0.1) is 0 Å². The average Bonchev–Trinajstić information content (AvgIpc) is 3.27. The van der Waals surface area contributed by atoms with Gasteiger partial charge in [0.05, 0.1) is 23.9 Å². The van der Waals surface area contributed by atoms with Crippen LogP contribution in [0.25, 0.3) is 22.6 Å². The summed E-state index contributed by atoms with van der Waals surface area (Å²) in [5.41, 5.74) is 1.32. The van der Waals surface area contributed by atoms with Crippen LogP contribution >= 0.6 is 0 Å². The zero-order valence-corrected chi connectivity index (χ0v) is 13.1. The van der Waals surface area contributed by atoms with Crippen molar-refractivity contribution >= 4 is 11.0 Å². The molecule has 0 amide bonds. The molecule has 3 heterocycles. The van der Waals surface area contributed by atoms with E-state index in [0.717, 1.165) is 0 Å². The zero-order chi connectivity index (χ0) is 17.6. The summed E-state index contributed by atoms with van der Waals surface area (Å²) in [6.07, 6.45) is -4.85. The summed E-state index contributed by atoms with van der Waals surface area (Å²) in [5.74, 6) is 0.878. The molecular weight excluding hydrogens is 328 g/mol. The summed E-state index contributed by atoms with van der Waals surface area (Å²) >= 11 is 0. The second-order valence-electron chi connectivity index (χ2n) is 5.99. The maximum atomic E-state index is 10.5. The SMILES string of the molecule is OC[C@@H]1O[C@@H](n2c(-c3ccco3)nc3ccccc32)[C@@H](O)[C@H](O)[C@H]1O. The van der Waals surface area contributed by atoms with Gasteiger partial charge < -0.3 is 29.6 Å². The first-order valence-electron chi connectivity index (χ1n) is 7.93. The molecule has 0 aliphatic carbocycles. The third kappa shape index (κ3) is 2.55. The Morgan fingerprint density at radius 1 is 1.00 bits per heavy atom. The van der Waals surface area contributed by atoms with Crippen molar-refractivity contribution in [2.45, 2.75) is 30.6 Å². The number of hydrogen-bond acceptors (Lipinski definition) is 7. The van der Waals surface area contributed by atoms with Crippen molar-refractivity contribution in [3.8, 4) is 11.6 Å². The maximum Gasteiger partial charge on any atom is 0.179 e. The average molecular weight is 346 g/mol.